The van der Waals surface area contributed by atoms with Crippen molar-refractivity contribution in [1.82, 2.24) is 4.98 Å². The maximum Gasteiger partial charge on any atom is 0.120 e. The molecule has 0 aliphatic rings. The molecular formula is C15H16BrNO. The van der Waals surface area contributed by atoms with Crippen molar-refractivity contribution in [1.29, 1.82) is 0 Å². The van der Waals surface area contributed by atoms with E-state index in [9.17, 15) is 0 Å². The Morgan fingerprint density at radius 1 is 1.22 bits per heavy atom. The minimum atomic E-state index is 0.648. The number of nitrogens with zero attached hydrogens (tertiary/aromatic N) is 1. The highest BCUT2D eigenvalue weighted by Gasteiger charge is 1.98. The average Bonchev–Trinajstić information content (AvgIpc) is 2.40. The molecular weight excluding hydrogens is 290 g/mol. The first-order chi connectivity index (χ1) is 8.78. The second-order valence-electron chi connectivity index (χ2n) is 4.07. The Morgan fingerprint density at radius 2 is 2.11 bits per heavy atom. The first kappa shape index (κ1) is 13.1. The highest BCUT2D eigenvalue weighted by molar-refractivity contribution is 9.10. The van der Waals surface area contributed by atoms with E-state index in [-0.39, 0.29) is 0 Å². The largest absolute Gasteiger partial charge is 0.493 e. The monoisotopic (exact) mass is 305 g/mol. The molecule has 1 aromatic heterocycles. The Hall–Kier alpha value is -1.35. The molecule has 2 aromatic rings. The molecule has 3 heteroatoms. The van der Waals surface area contributed by atoms with Crippen LogP contribution >= 0.6 is 15.9 Å². The van der Waals surface area contributed by atoms with E-state index in [0.29, 0.717) is 6.61 Å². The van der Waals surface area contributed by atoms with Gasteiger partial charge in [0.25, 0.3) is 0 Å². The van der Waals surface area contributed by atoms with E-state index in [1.807, 2.05) is 30.5 Å². The molecule has 2 nitrogen and oxygen atoms in total. The van der Waals surface area contributed by atoms with Gasteiger partial charge in [0, 0.05) is 22.8 Å². The number of aromatic nitrogens is 1. The van der Waals surface area contributed by atoms with Gasteiger partial charge in [-0.2, -0.15) is 0 Å². The molecule has 1 heterocycles. The number of halogens is 1. The minimum Gasteiger partial charge on any atom is -0.493 e. The van der Waals surface area contributed by atoms with E-state index >= 15 is 0 Å². The SMILES string of the molecule is CCc1ccc(CCOc2cccc(Br)c2)nc1. The molecule has 0 N–H and O–H groups in total. The zero-order valence-corrected chi connectivity index (χ0v) is 12.0. The summed E-state index contributed by atoms with van der Waals surface area (Å²) in [6, 6.07) is 12.1. The number of ether oxygens (including phenoxy) is 1. The topological polar surface area (TPSA) is 22.1 Å². The summed E-state index contributed by atoms with van der Waals surface area (Å²) < 4.78 is 6.71. The third-order valence-corrected chi connectivity index (χ3v) is 3.21. The van der Waals surface area contributed by atoms with E-state index in [0.717, 1.165) is 28.8 Å². The lowest BCUT2D eigenvalue weighted by Crippen LogP contribution is -2.03. The van der Waals surface area contributed by atoms with Crippen LogP contribution in [0.1, 0.15) is 18.2 Å². The van der Waals surface area contributed by atoms with Gasteiger partial charge in [-0.3, -0.25) is 4.98 Å². The predicted molar refractivity (Wildman–Crippen MR) is 77.0 cm³/mol. The van der Waals surface area contributed by atoms with Crippen molar-refractivity contribution < 1.29 is 4.74 Å². The van der Waals surface area contributed by atoms with E-state index in [4.69, 9.17) is 4.74 Å². The van der Waals surface area contributed by atoms with Crippen LogP contribution in [0, 0.1) is 0 Å². The molecule has 94 valence electrons. The Labute approximate surface area is 116 Å². The van der Waals surface area contributed by atoms with E-state index in [1.54, 1.807) is 0 Å². The van der Waals surface area contributed by atoms with Crippen molar-refractivity contribution in [2.24, 2.45) is 0 Å². The van der Waals surface area contributed by atoms with Crippen LogP contribution in [-0.2, 0) is 12.8 Å². The number of pyridine rings is 1. The molecule has 2 rings (SSSR count). The quantitative estimate of drug-likeness (QED) is 0.832. The van der Waals surface area contributed by atoms with Crippen molar-refractivity contribution in [2.45, 2.75) is 19.8 Å². The standard InChI is InChI=1S/C15H16BrNO/c1-2-12-6-7-14(17-11-12)8-9-18-15-5-3-4-13(16)10-15/h3-7,10-11H,2,8-9H2,1H3. The van der Waals surface area contributed by atoms with Crippen LogP contribution in [0.2, 0.25) is 0 Å². The summed E-state index contributed by atoms with van der Waals surface area (Å²) in [7, 11) is 0. The molecule has 0 saturated heterocycles. The highest BCUT2D eigenvalue weighted by atomic mass is 79.9. The van der Waals surface area contributed by atoms with Crippen molar-refractivity contribution in [2.75, 3.05) is 6.61 Å². The fourth-order valence-electron chi connectivity index (χ4n) is 1.64. The van der Waals surface area contributed by atoms with Gasteiger partial charge in [0.15, 0.2) is 0 Å². The van der Waals surface area contributed by atoms with Gasteiger partial charge in [0.05, 0.1) is 6.61 Å². The van der Waals surface area contributed by atoms with Crippen molar-refractivity contribution in [3.63, 3.8) is 0 Å². The van der Waals surface area contributed by atoms with Gasteiger partial charge >= 0.3 is 0 Å². The predicted octanol–water partition coefficient (Wildman–Crippen LogP) is 4.03. The zero-order chi connectivity index (χ0) is 12.8. The number of rotatable bonds is 5. The molecule has 0 radical (unpaired) electrons. The summed E-state index contributed by atoms with van der Waals surface area (Å²) in [6.45, 7) is 2.78. The molecule has 0 unspecified atom stereocenters. The molecule has 0 amide bonds. The molecule has 0 spiro atoms. The summed E-state index contributed by atoms with van der Waals surface area (Å²) >= 11 is 3.42. The lowest BCUT2D eigenvalue weighted by atomic mass is 10.2. The highest BCUT2D eigenvalue weighted by Crippen LogP contribution is 2.17. The van der Waals surface area contributed by atoms with Crippen LogP contribution in [0.25, 0.3) is 0 Å². The second kappa shape index (κ2) is 6.55. The minimum absolute atomic E-state index is 0.648. The molecule has 0 fully saturated rings. The second-order valence-corrected chi connectivity index (χ2v) is 4.98. The van der Waals surface area contributed by atoms with Crippen LogP contribution in [0.5, 0.6) is 5.75 Å². The maximum absolute atomic E-state index is 5.68. The molecule has 0 atom stereocenters. The van der Waals surface area contributed by atoms with E-state index in [1.165, 1.54) is 5.56 Å². The summed E-state index contributed by atoms with van der Waals surface area (Å²) in [4.78, 5) is 4.41. The van der Waals surface area contributed by atoms with Gasteiger partial charge in [-0.05, 0) is 36.2 Å². The Bertz CT molecular complexity index is 496. The van der Waals surface area contributed by atoms with Crippen LogP contribution in [0.3, 0.4) is 0 Å². The van der Waals surface area contributed by atoms with Crippen LogP contribution in [0.4, 0.5) is 0 Å². The number of benzene rings is 1. The average molecular weight is 306 g/mol. The van der Waals surface area contributed by atoms with Crippen molar-refractivity contribution in [3.8, 4) is 5.75 Å². The van der Waals surface area contributed by atoms with Crippen LogP contribution in [-0.4, -0.2) is 11.6 Å². The number of aryl methyl sites for hydroxylation is 1. The molecule has 1 aromatic carbocycles. The summed E-state index contributed by atoms with van der Waals surface area (Å²) in [6.07, 6.45) is 3.80. The summed E-state index contributed by atoms with van der Waals surface area (Å²) in [5.74, 6) is 0.884. The van der Waals surface area contributed by atoms with Gasteiger partial charge in [-0.1, -0.05) is 35.0 Å². The van der Waals surface area contributed by atoms with Gasteiger partial charge in [-0.25, -0.2) is 0 Å². The van der Waals surface area contributed by atoms with Crippen LogP contribution < -0.4 is 4.74 Å². The van der Waals surface area contributed by atoms with Gasteiger partial charge in [-0.15, -0.1) is 0 Å². The first-order valence-corrected chi connectivity index (χ1v) is 6.89. The molecule has 0 bridgehead atoms. The molecule has 0 saturated carbocycles. The summed E-state index contributed by atoms with van der Waals surface area (Å²) in [5, 5.41) is 0. The first-order valence-electron chi connectivity index (χ1n) is 6.10. The van der Waals surface area contributed by atoms with Crippen LogP contribution in [0.15, 0.2) is 47.1 Å². The molecule has 0 aliphatic carbocycles. The van der Waals surface area contributed by atoms with Gasteiger partial charge in [0.2, 0.25) is 0 Å². The van der Waals surface area contributed by atoms with Gasteiger partial charge < -0.3 is 4.74 Å². The van der Waals surface area contributed by atoms with Crippen molar-refractivity contribution >= 4 is 15.9 Å². The third-order valence-electron chi connectivity index (χ3n) is 2.72. The molecule has 18 heavy (non-hydrogen) atoms. The fourth-order valence-corrected chi connectivity index (χ4v) is 2.02. The van der Waals surface area contributed by atoms with Gasteiger partial charge in [0.1, 0.15) is 5.75 Å². The van der Waals surface area contributed by atoms with E-state index < -0.39 is 0 Å². The Balaban J connectivity index is 1.84. The smallest absolute Gasteiger partial charge is 0.120 e. The normalized spacial score (nSPS) is 10.3. The Morgan fingerprint density at radius 3 is 2.78 bits per heavy atom. The number of hydrogen-bond acceptors (Lipinski definition) is 2. The Kier molecular flexibility index (Phi) is 4.76. The van der Waals surface area contributed by atoms with Crippen molar-refractivity contribution in [3.05, 3.63) is 58.3 Å². The lowest BCUT2D eigenvalue weighted by molar-refractivity contribution is 0.320. The maximum atomic E-state index is 5.68. The summed E-state index contributed by atoms with van der Waals surface area (Å²) in [5.41, 5.74) is 2.34. The fraction of sp³-hybridized carbons (Fsp3) is 0.267. The zero-order valence-electron chi connectivity index (χ0n) is 10.4. The lowest BCUT2D eigenvalue weighted by Gasteiger charge is -2.06. The molecule has 0 aliphatic heterocycles. The van der Waals surface area contributed by atoms with E-state index in [2.05, 4.69) is 40.0 Å². The third kappa shape index (κ3) is 3.84. The number of hydrogen-bond donors (Lipinski definition) is 0.